The maximum absolute atomic E-state index is 14.8. The quantitative estimate of drug-likeness (QED) is 0.492. The Morgan fingerprint density at radius 2 is 1.70 bits per heavy atom. The first-order chi connectivity index (χ1) is 14.3. The molecule has 6 heteroatoms. The number of carbonyl (C=O) groups is 1. The van der Waals surface area contributed by atoms with Crippen LogP contribution in [0.5, 0.6) is 5.75 Å². The average molecular weight is 404 g/mol. The van der Waals surface area contributed by atoms with Gasteiger partial charge in [0.2, 0.25) is 0 Å². The second-order valence-corrected chi connectivity index (χ2v) is 7.68. The van der Waals surface area contributed by atoms with Crippen molar-refractivity contribution in [1.82, 2.24) is 10.3 Å². The molecule has 2 N–H and O–H groups in total. The van der Waals surface area contributed by atoms with Crippen molar-refractivity contribution in [2.24, 2.45) is 0 Å². The van der Waals surface area contributed by atoms with Crippen molar-refractivity contribution in [3.63, 3.8) is 0 Å². The summed E-state index contributed by atoms with van der Waals surface area (Å²) < 4.78 is 20.0. The second-order valence-electron chi connectivity index (χ2n) is 7.68. The van der Waals surface area contributed by atoms with Crippen LogP contribution in [0, 0.1) is 5.82 Å². The first kappa shape index (κ1) is 19.6. The number of para-hydroxylation sites is 1. The largest absolute Gasteiger partial charge is 0.497 e. The summed E-state index contributed by atoms with van der Waals surface area (Å²) in [6.07, 6.45) is 0. The highest BCUT2D eigenvalue weighted by atomic mass is 19.1. The van der Waals surface area contributed by atoms with Gasteiger partial charge in [-0.15, -0.1) is 0 Å². The minimum Gasteiger partial charge on any atom is -0.497 e. The highest BCUT2D eigenvalue weighted by molar-refractivity contribution is 6.00. The van der Waals surface area contributed by atoms with Gasteiger partial charge >= 0.3 is 0 Å². The van der Waals surface area contributed by atoms with E-state index in [2.05, 4.69) is 10.3 Å². The van der Waals surface area contributed by atoms with Crippen molar-refractivity contribution < 1.29 is 13.9 Å². The number of halogens is 1. The van der Waals surface area contributed by atoms with Gasteiger partial charge in [-0.3, -0.25) is 9.59 Å². The fraction of sp³-hybridized carbons (Fsp3) is 0.167. The van der Waals surface area contributed by atoms with E-state index in [0.29, 0.717) is 22.2 Å². The standard InChI is InChI=1S/C24H21FN2O3/c1-24(2,14-8-10-15(30-3)11-9-14)27-23(29)17-13-21-18(12-19(17)25)22(28)16-6-4-5-7-20(16)26-21/h4-13H,1-3H3,(H,26,28)(H,27,29). The number of benzene rings is 3. The van der Waals surface area contributed by atoms with E-state index in [4.69, 9.17) is 4.74 Å². The number of rotatable bonds is 4. The van der Waals surface area contributed by atoms with Gasteiger partial charge in [0.15, 0.2) is 5.43 Å². The first-order valence-electron chi connectivity index (χ1n) is 9.51. The van der Waals surface area contributed by atoms with Crippen LogP contribution in [0.25, 0.3) is 21.8 Å². The van der Waals surface area contributed by atoms with Gasteiger partial charge in [0.1, 0.15) is 11.6 Å². The van der Waals surface area contributed by atoms with Crippen LogP contribution < -0.4 is 15.5 Å². The minimum atomic E-state index is -0.748. The number of fused-ring (bicyclic) bond motifs is 2. The van der Waals surface area contributed by atoms with E-state index in [9.17, 15) is 14.0 Å². The molecular formula is C24H21FN2O3. The summed E-state index contributed by atoms with van der Waals surface area (Å²) >= 11 is 0. The van der Waals surface area contributed by atoms with Crippen molar-refractivity contribution in [1.29, 1.82) is 0 Å². The van der Waals surface area contributed by atoms with E-state index in [1.807, 2.05) is 26.0 Å². The Balaban J connectivity index is 1.72. The zero-order valence-electron chi connectivity index (χ0n) is 16.9. The van der Waals surface area contributed by atoms with Gasteiger partial charge in [0, 0.05) is 16.3 Å². The smallest absolute Gasteiger partial charge is 0.255 e. The lowest BCUT2D eigenvalue weighted by Gasteiger charge is -2.27. The fourth-order valence-corrected chi connectivity index (χ4v) is 3.55. The third kappa shape index (κ3) is 3.41. The Morgan fingerprint density at radius 3 is 2.40 bits per heavy atom. The summed E-state index contributed by atoms with van der Waals surface area (Å²) in [5.74, 6) is -0.604. The number of ether oxygens (including phenoxy) is 1. The zero-order valence-corrected chi connectivity index (χ0v) is 16.9. The Labute approximate surface area is 172 Å². The third-order valence-electron chi connectivity index (χ3n) is 5.28. The molecule has 0 spiro atoms. The highest BCUT2D eigenvalue weighted by Crippen LogP contribution is 2.25. The predicted octanol–water partition coefficient (Wildman–Crippen LogP) is 4.49. The monoisotopic (exact) mass is 404 g/mol. The van der Waals surface area contributed by atoms with E-state index in [-0.39, 0.29) is 16.4 Å². The van der Waals surface area contributed by atoms with Gasteiger partial charge in [-0.2, -0.15) is 0 Å². The topological polar surface area (TPSA) is 71.2 Å². The molecule has 0 fully saturated rings. The molecule has 1 heterocycles. The van der Waals surface area contributed by atoms with Crippen molar-refractivity contribution in [2.75, 3.05) is 7.11 Å². The summed E-state index contributed by atoms with van der Waals surface area (Å²) in [4.78, 5) is 28.7. The number of carbonyl (C=O) groups excluding carboxylic acids is 1. The predicted molar refractivity (Wildman–Crippen MR) is 116 cm³/mol. The molecular weight excluding hydrogens is 383 g/mol. The van der Waals surface area contributed by atoms with Crippen LogP contribution >= 0.6 is 0 Å². The van der Waals surface area contributed by atoms with Crippen molar-refractivity contribution >= 4 is 27.7 Å². The zero-order chi connectivity index (χ0) is 21.5. The van der Waals surface area contributed by atoms with E-state index in [1.54, 1.807) is 43.5 Å². The van der Waals surface area contributed by atoms with Crippen LogP contribution in [0.15, 0.2) is 65.5 Å². The minimum absolute atomic E-state index is 0.130. The molecule has 1 aromatic heterocycles. The summed E-state index contributed by atoms with van der Waals surface area (Å²) in [5.41, 5.74) is 0.733. The summed E-state index contributed by atoms with van der Waals surface area (Å²) in [6.45, 7) is 3.67. The van der Waals surface area contributed by atoms with E-state index in [1.165, 1.54) is 6.07 Å². The van der Waals surface area contributed by atoms with Crippen molar-refractivity contribution in [2.45, 2.75) is 19.4 Å². The molecule has 0 radical (unpaired) electrons. The van der Waals surface area contributed by atoms with Crippen LogP contribution in [0.2, 0.25) is 0 Å². The lowest BCUT2D eigenvalue weighted by molar-refractivity contribution is 0.0908. The summed E-state index contributed by atoms with van der Waals surface area (Å²) in [5, 5.41) is 3.55. The first-order valence-corrected chi connectivity index (χ1v) is 9.51. The highest BCUT2D eigenvalue weighted by Gasteiger charge is 2.25. The maximum atomic E-state index is 14.8. The number of H-pyrrole nitrogens is 1. The molecule has 3 aromatic carbocycles. The Hall–Kier alpha value is -3.67. The van der Waals surface area contributed by atoms with Crippen LogP contribution in [-0.2, 0) is 5.54 Å². The molecule has 0 saturated heterocycles. The molecule has 1 amide bonds. The van der Waals surface area contributed by atoms with Gasteiger partial charge < -0.3 is 15.0 Å². The summed E-state index contributed by atoms with van der Waals surface area (Å²) in [7, 11) is 1.58. The van der Waals surface area contributed by atoms with Crippen LogP contribution in [-0.4, -0.2) is 18.0 Å². The average Bonchev–Trinajstić information content (AvgIpc) is 2.74. The van der Waals surface area contributed by atoms with Gasteiger partial charge in [-0.25, -0.2) is 4.39 Å². The molecule has 152 valence electrons. The van der Waals surface area contributed by atoms with E-state index >= 15 is 0 Å². The molecule has 4 rings (SSSR count). The number of methoxy groups -OCH3 is 1. The SMILES string of the molecule is COc1ccc(C(C)(C)NC(=O)c2cc3[nH]c4ccccc4c(=O)c3cc2F)cc1. The number of nitrogens with one attached hydrogen (secondary N) is 2. The lowest BCUT2D eigenvalue weighted by Crippen LogP contribution is -2.41. The van der Waals surface area contributed by atoms with E-state index in [0.717, 1.165) is 11.6 Å². The van der Waals surface area contributed by atoms with Gasteiger partial charge in [0.25, 0.3) is 5.91 Å². The van der Waals surface area contributed by atoms with Crippen LogP contribution in [0.4, 0.5) is 4.39 Å². The molecule has 0 bridgehead atoms. The van der Waals surface area contributed by atoms with Gasteiger partial charge in [-0.05, 0) is 55.8 Å². The molecule has 0 unspecified atom stereocenters. The number of aromatic amines is 1. The van der Waals surface area contributed by atoms with Gasteiger partial charge in [-0.1, -0.05) is 24.3 Å². The number of pyridine rings is 1. The van der Waals surface area contributed by atoms with Crippen LogP contribution in [0.3, 0.4) is 0 Å². The fourth-order valence-electron chi connectivity index (χ4n) is 3.55. The molecule has 0 atom stereocenters. The van der Waals surface area contributed by atoms with Crippen molar-refractivity contribution in [3.8, 4) is 5.75 Å². The third-order valence-corrected chi connectivity index (χ3v) is 5.28. The van der Waals surface area contributed by atoms with E-state index < -0.39 is 17.3 Å². The molecule has 0 aliphatic carbocycles. The Morgan fingerprint density at radius 1 is 1.00 bits per heavy atom. The second kappa shape index (κ2) is 7.30. The molecule has 0 aliphatic rings. The number of hydrogen-bond donors (Lipinski definition) is 2. The normalized spacial score (nSPS) is 11.6. The lowest BCUT2D eigenvalue weighted by atomic mass is 9.93. The van der Waals surface area contributed by atoms with Crippen molar-refractivity contribution in [3.05, 3.63) is 87.8 Å². The Bertz CT molecular complexity index is 1320. The molecule has 5 nitrogen and oxygen atoms in total. The number of aromatic nitrogens is 1. The number of hydrogen-bond acceptors (Lipinski definition) is 3. The molecule has 30 heavy (non-hydrogen) atoms. The maximum Gasteiger partial charge on any atom is 0.255 e. The molecule has 0 saturated carbocycles. The molecule has 4 aromatic rings. The van der Waals surface area contributed by atoms with Crippen LogP contribution in [0.1, 0.15) is 29.8 Å². The summed E-state index contributed by atoms with van der Waals surface area (Å²) in [6, 6.07) is 16.8. The van der Waals surface area contributed by atoms with Gasteiger partial charge in [0.05, 0.1) is 23.7 Å². The Kier molecular flexibility index (Phi) is 4.78. The molecule has 0 aliphatic heterocycles. The number of amides is 1.